The molecule has 5 nitrogen and oxygen atoms in total. The van der Waals surface area contributed by atoms with E-state index in [-0.39, 0.29) is 11.8 Å². The number of hydrogen-bond donors (Lipinski definition) is 2. The molecule has 148 valence electrons. The van der Waals surface area contributed by atoms with Crippen molar-refractivity contribution in [2.75, 3.05) is 5.32 Å². The highest BCUT2D eigenvalue weighted by Gasteiger charge is 2.08. The van der Waals surface area contributed by atoms with Crippen molar-refractivity contribution in [3.8, 4) is 5.75 Å². The van der Waals surface area contributed by atoms with Gasteiger partial charge in [-0.05, 0) is 53.6 Å². The van der Waals surface area contributed by atoms with E-state index in [1.54, 1.807) is 30.3 Å². The van der Waals surface area contributed by atoms with Gasteiger partial charge in [-0.1, -0.05) is 41.9 Å². The van der Waals surface area contributed by atoms with E-state index in [0.717, 1.165) is 11.1 Å². The molecule has 29 heavy (non-hydrogen) atoms. The standard InChI is InChI=1S/C23H21ClN2O3/c1-16(27)26-21-9-3-5-17(12-21)14-25-23(28)19-7-4-10-22(13-19)29-15-18-6-2-8-20(24)11-18/h2-13H,14-15H2,1H3,(H,25,28)(H,26,27). The largest absolute Gasteiger partial charge is 0.489 e. The van der Waals surface area contributed by atoms with E-state index in [4.69, 9.17) is 16.3 Å². The van der Waals surface area contributed by atoms with Crippen molar-refractivity contribution in [2.45, 2.75) is 20.1 Å². The average molecular weight is 409 g/mol. The van der Waals surface area contributed by atoms with Gasteiger partial charge in [0.25, 0.3) is 5.91 Å². The lowest BCUT2D eigenvalue weighted by Crippen LogP contribution is -2.22. The Hall–Kier alpha value is -3.31. The van der Waals surface area contributed by atoms with Crippen molar-refractivity contribution in [1.29, 1.82) is 0 Å². The zero-order valence-corrected chi connectivity index (χ0v) is 16.7. The van der Waals surface area contributed by atoms with E-state index in [1.807, 2.05) is 42.5 Å². The van der Waals surface area contributed by atoms with E-state index in [2.05, 4.69) is 10.6 Å². The molecule has 0 saturated carbocycles. The molecule has 0 saturated heterocycles. The van der Waals surface area contributed by atoms with Crippen molar-refractivity contribution < 1.29 is 14.3 Å². The molecule has 0 aliphatic carbocycles. The van der Waals surface area contributed by atoms with E-state index in [9.17, 15) is 9.59 Å². The lowest BCUT2D eigenvalue weighted by Gasteiger charge is -2.10. The Morgan fingerprint density at radius 2 is 1.69 bits per heavy atom. The summed E-state index contributed by atoms with van der Waals surface area (Å²) in [6.07, 6.45) is 0. The average Bonchev–Trinajstić information content (AvgIpc) is 2.70. The summed E-state index contributed by atoms with van der Waals surface area (Å²) in [5.41, 5.74) is 3.04. The second-order valence-corrected chi connectivity index (χ2v) is 6.95. The minimum atomic E-state index is -0.205. The van der Waals surface area contributed by atoms with Crippen molar-refractivity contribution in [3.63, 3.8) is 0 Å². The van der Waals surface area contributed by atoms with Crippen molar-refractivity contribution >= 4 is 29.1 Å². The molecule has 0 atom stereocenters. The molecule has 3 rings (SSSR count). The van der Waals surface area contributed by atoms with Crippen LogP contribution < -0.4 is 15.4 Å². The third-order valence-corrected chi connectivity index (χ3v) is 4.33. The lowest BCUT2D eigenvalue weighted by molar-refractivity contribution is -0.114. The first kappa shape index (κ1) is 20.4. The predicted octanol–water partition coefficient (Wildman–Crippen LogP) is 4.81. The zero-order valence-electron chi connectivity index (χ0n) is 15.9. The number of amides is 2. The van der Waals surface area contributed by atoms with Crippen LogP contribution in [0, 0.1) is 0 Å². The summed E-state index contributed by atoms with van der Waals surface area (Å²) in [4.78, 5) is 23.7. The molecule has 0 fully saturated rings. The summed E-state index contributed by atoms with van der Waals surface area (Å²) < 4.78 is 5.77. The summed E-state index contributed by atoms with van der Waals surface area (Å²) in [6, 6.07) is 21.8. The van der Waals surface area contributed by atoms with Crippen molar-refractivity contribution in [2.24, 2.45) is 0 Å². The molecule has 3 aromatic rings. The second kappa shape index (κ2) is 9.75. The number of carbonyl (C=O) groups excluding carboxylic acids is 2. The van der Waals surface area contributed by atoms with Crippen LogP contribution in [0.25, 0.3) is 0 Å². The Labute approximate surface area is 174 Å². The van der Waals surface area contributed by atoms with Crippen LogP contribution in [-0.4, -0.2) is 11.8 Å². The fraction of sp³-hybridized carbons (Fsp3) is 0.130. The van der Waals surface area contributed by atoms with Crippen LogP contribution in [0.15, 0.2) is 72.8 Å². The molecule has 2 amide bonds. The van der Waals surface area contributed by atoms with Gasteiger partial charge in [-0.3, -0.25) is 9.59 Å². The molecule has 0 radical (unpaired) electrons. The minimum Gasteiger partial charge on any atom is -0.489 e. The molecule has 0 aromatic heterocycles. The van der Waals surface area contributed by atoms with Gasteiger partial charge in [0.05, 0.1) is 0 Å². The van der Waals surface area contributed by atoms with Gasteiger partial charge in [0.2, 0.25) is 5.91 Å². The highest BCUT2D eigenvalue weighted by atomic mass is 35.5. The molecular formula is C23H21ClN2O3. The van der Waals surface area contributed by atoms with Crippen LogP contribution in [0.4, 0.5) is 5.69 Å². The Morgan fingerprint density at radius 3 is 2.48 bits per heavy atom. The summed E-state index contributed by atoms with van der Waals surface area (Å²) in [7, 11) is 0. The number of benzene rings is 3. The summed E-state index contributed by atoms with van der Waals surface area (Å²) in [5, 5.41) is 6.26. The van der Waals surface area contributed by atoms with Crippen LogP contribution in [0.3, 0.4) is 0 Å². The Kier molecular flexibility index (Phi) is 6.87. The Balaban J connectivity index is 1.58. The molecule has 0 bridgehead atoms. The fourth-order valence-electron chi connectivity index (χ4n) is 2.77. The maximum Gasteiger partial charge on any atom is 0.251 e. The minimum absolute atomic E-state index is 0.138. The highest BCUT2D eigenvalue weighted by molar-refractivity contribution is 6.30. The summed E-state index contributed by atoms with van der Waals surface area (Å²) in [6.45, 7) is 2.16. The SMILES string of the molecule is CC(=O)Nc1cccc(CNC(=O)c2cccc(OCc3cccc(Cl)c3)c2)c1. The molecule has 3 aromatic carbocycles. The van der Waals surface area contributed by atoms with Crippen LogP contribution in [-0.2, 0) is 17.9 Å². The lowest BCUT2D eigenvalue weighted by atomic mass is 10.1. The topological polar surface area (TPSA) is 67.4 Å². The number of rotatable bonds is 7. The van der Waals surface area contributed by atoms with Gasteiger partial charge in [0.15, 0.2) is 0 Å². The van der Waals surface area contributed by atoms with Crippen molar-refractivity contribution in [1.82, 2.24) is 5.32 Å². The van der Waals surface area contributed by atoms with E-state index < -0.39 is 0 Å². The number of nitrogens with one attached hydrogen (secondary N) is 2. The Bertz CT molecular complexity index is 1020. The zero-order chi connectivity index (χ0) is 20.6. The normalized spacial score (nSPS) is 10.3. The third-order valence-electron chi connectivity index (χ3n) is 4.09. The van der Waals surface area contributed by atoms with Crippen LogP contribution >= 0.6 is 11.6 Å². The van der Waals surface area contributed by atoms with Gasteiger partial charge in [-0.25, -0.2) is 0 Å². The van der Waals surface area contributed by atoms with E-state index in [0.29, 0.717) is 35.2 Å². The van der Waals surface area contributed by atoms with Gasteiger partial charge in [-0.2, -0.15) is 0 Å². The highest BCUT2D eigenvalue weighted by Crippen LogP contribution is 2.17. The van der Waals surface area contributed by atoms with Crippen LogP contribution in [0.1, 0.15) is 28.4 Å². The second-order valence-electron chi connectivity index (χ2n) is 6.51. The van der Waals surface area contributed by atoms with Crippen LogP contribution in [0.5, 0.6) is 5.75 Å². The first-order valence-electron chi connectivity index (χ1n) is 9.11. The van der Waals surface area contributed by atoms with Gasteiger partial charge < -0.3 is 15.4 Å². The fourth-order valence-corrected chi connectivity index (χ4v) is 2.98. The maximum absolute atomic E-state index is 12.5. The van der Waals surface area contributed by atoms with Crippen LogP contribution in [0.2, 0.25) is 5.02 Å². The maximum atomic E-state index is 12.5. The molecular weight excluding hydrogens is 388 g/mol. The number of halogens is 1. The van der Waals surface area contributed by atoms with Gasteiger partial charge in [-0.15, -0.1) is 0 Å². The van der Waals surface area contributed by atoms with Crippen molar-refractivity contribution in [3.05, 3.63) is 94.5 Å². The van der Waals surface area contributed by atoms with Gasteiger partial charge in [0, 0.05) is 29.7 Å². The van der Waals surface area contributed by atoms with E-state index in [1.165, 1.54) is 6.92 Å². The van der Waals surface area contributed by atoms with E-state index >= 15 is 0 Å². The molecule has 2 N–H and O–H groups in total. The monoisotopic (exact) mass is 408 g/mol. The smallest absolute Gasteiger partial charge is 0.251 e. The molecule has 0 spiro atoms. The first-order valence-corrected chi connectivity index (χ1v) is 9.49. The summed E-state index contributed by atoms with van der Waals surface area (Å²) in [5.74, 6) is 0.259. The predicted molar refractivity (Wildman–Crippen MR) is 114 cm³/mol. The number of ether oxygens (including phenoxy) is 1. The number of hydrogen-bond acceptors (Lipinski definition) is 3. The molecule has 0 aliphatic heterocycles. The summed E-state index contributed by atoms with van der Waals surface area (Å²) >= 11 is 5.98. The van der Waals surface area contributed by atoms with Gasteiger partial charge in [0.1, 0.15) is 12.4 Å². The quantitative estimate of drug-likeness (QED) is 0.589. The molecule has 6 heteroatoms. The van der Waals surface area contributed by atoms with Gasteiger partial charge >= 0.3 is 0 Å². The first-order chi connectivity index (χ1) is 14.0. The molecule has 0 heterocycles. The molecule has 0 unspecified atom stereocenters. The molecule has 0 aliphatic rings. The number of carbonyl (C=O) groups is 2. The number of anilines is 1. The Morgan fingerprint density at radius 1 is 0.931 bits per heavy atom. The third kappa shape index (κ3) is 6.36.